The summed E-state index contributed by atoms with van der Waals surface area (Å²) in [6, 6.07) is 22.1. The number of alkyl halides is 2. The topological polar surface area (TPSA) is 106 Å². The summed E-state index contributed by atoms with van der Waals surface area (Å²) >= 11 is 14.0. The molecular formula is C39H31Cl2N2O7S. The van der Waals surface area contributed by atoms with Gasteiger partial charge in [-0.15, -0.1) is 34.5 Å². The number of methoxy groups -OCH3 is 1. The van der Waals surface area contributed by atoms with Crippen LogP contribution in [-0.4, -0.2) is 67.2 Å². The molecule has 9 nitrogen and oxygen atoms in total. The Morgan fingerprint density at radius 1 is 0.804 bits per heavy atom. The van der Waals surface area contributed by atoms with Crippen molar-refractivity contribution in [3.05, 3.63) is 113 Å². The SMILES string of the molecule is COC(=O)[C@@H]1[CH][CH][CH][C@H](Oc2cc3c(c4ccccc24)[C@H](CCl)CN3C(=O)c2ccc(C(=O)N3C[C@@H](CCl)c4c3cc(O)c3ccccc43)s2)O1. The molecule has 259 valence electrons. The summed E-state index contributed by atoms with van der Waals surface area (Å²) in [4.78, 5) is 44.6. The molecule has 2 amide bonds. The van der Waals surface area contributed by atoms with E-state index in [1.54, 1.807) is 47.3 Å². The molecule has 5 aromatic rings. The molecule has 12 heteroatoms. The van der Waals surface area contributed by atoms with Crippen molar-refractivity contribution in [2.45, 2.75) is 24.2 Å². The molecule has 3 aliphatic rings. The first-order chi connectivity index (χ1) is 24.8. The van der Waals surface area contributed by atoms with Gasteiger partial charge in [0.05, 0.1) is 28.2 Å². The molecule has 4 heterocycles. The summed E-state index contributed by atoms with van der Waals surface area (Å²) < 4.78 is 17.0. The van der Waals surface area contributed by atoms with Crippen molar-refractivity contribution in [2.75, 3.05) is 41.8 Å². The second-order valence-electron chi connectivity index (χ2n) is 12.6. The molecule has 1 N–H and O–H groups in total. The zero-order valence-corrected chi connectivity index (χ0v) is 29.6. The van der Waals surface area contributed by atoms with Crippen molar-refractivity contribution in [1.82, 2.24) is 0 Å². The van der Waals surface area contributed by atoms with Crippen LogP contribution in [0.5, 0.6) is 11.5 Å². The molecule has 0 bridgehead atoms. The number of carbonyl (C=O) groups excluding carboxylic acids is 3. The molecule has 0 unspecified atom stereocenters. The number of esters is 1. The summed E-state index contributed by atoms with van der Waals surface area (Å²) in [5, 5.41) is 14.1. The molecule has 3 aliphatic heterocycles. The number of aromatic hydroxyl groups is 1. The van der Waals surface area contributed by atoms with Crippen LogP contribution in [0.25, 0.3) is 21.5 Å². The number of rotatable bonds is 7. The summed E-state index contributed by atoms with van der Waals surface area (Å²) in [5.41, 5.74) is 3.13. The molecule has 4 aromatic carbocycles. The third kappa shape index (κ3) is 5.78. The van der Waals surface area contributed by atoms with E-state index in [4.69, 9.17) is 37.4 Å². The average molecular weight is 743 g/mol. The number of halogens is 2. The summed E-state index contributed by atoms with van der Waals surface area (Å²) in [5.74, 6) is -0.188. The Hall–Kier alpha value is -4.35. The van der Waals surface area contributed by atoms with Crippen molar-refractivity contribution in [3.63, 3.8) is 0 Å². The molecule has 0 spiro atoms. The van der Waals surface area contributed by atoms with Gasteiger partial charge >= 0.3 is 5.97 Å². The van der Waals surface area contributed by atoms with Gasteiger partial charge in [0.2, 0.25) is 6.29 Å². The number of carbonyl (C=O) groups is 3. The minimum absolute atomic E-state index is 0.0875. The second kappa shape index (κ2) is 13.7. The number of anilines is 2. The molecule has 0 saturated carbocycles. The van der Waals surface area contributed by atoms with E-state index in [1.807, 2.05) is 54.6 Å². The van der Waals surface area contributed by atoms with Gasteiger partial charge in [0.1, 0.15) is 11.5 Å². The van der Waals surface area contributed by atoms with Gasteiger partial charge in [-0.3, -0.25) is 9.59 Å². The molecule has 8 rings (SSSR count). The third-order valence-corrected chi connectivity index (χ3v) is 11.5. The first kappa shape index (κ1) is 33.8. The Bertz CT molecular complexity index is 2210. The van der Waals surface area contributed by atoms with Crippen LogP contribution >= 0.6 is 34.5 Å². The number of phenolic OH excluding ortho intramolecular Hbond substituents is 1. The van der Waals surface area contributed by atoms with E-state index in [0.717, 1.165) is 38.6 Å². The van der Waals surface area contributed by atoms with Gasteiger partial charge in [0.15, 0.2) is 6.10 Å². The van der Waals surface area contributed by atoms with Crippen molar-refractivity contribution >= 4 is 85.2 Å². The third-order valence-electron chi connectivity index (χ3n) is 9.67. The lowest BCUT2D eigenvalue weighted by molar-refractivity contribution is -0.165. The van der Waals surface area contributed by atoms with Gasteiger partial charge in [-0.05, 0) is 40.5 Å². The van der Waals surface area contributed by atoms with E-state index >= 15 is 0 Å². The monoisotopic (exact) mass is 741 g/mol. The predicted molar refractivity (Wildman–Crippen MR) is 198 cm³/mol. The normalized spacial score (nSPS) is 21.2. The maximum absolute atomic E-state index is 14.3. The molecule has 0 aliphatic carbocycles. The highest BCUT2D eigenvalue weighted by molar-refractivity contribution is 7.16. The number of nitrogens with zero attached hydrogens (tertiary/aromatic N) is 2. The van der Waals surface area contributed by atoms with E-state index in [-0.39, 0.29) is 35.3 Å². The van der Waals surface area contributed by atoms with Gasteiger partial charge < -0.3 is 29.1 Å². The molecule has 4 atom stereocenters. The number of benzene rings is 4. The van der Waals surface area contributed by atoms with E-state index in [2.05, 4.69) is 0 Å². The Morgan fingerprint density at radius 3 is 1.94 bits per heavy atom. The lowest BCUT2D eigenvalue weighted by Crippen LogP contribution is -2.38. The maximum atomic E-state index is 14.3. The lowest BCUT2D eigenvalue weighted by atomic mass is 9.95. The first-order valence-corrected chi connectivity index (χ1v) is 18.3. The van der Waals surface area contributed by atoms with Crippen molar-refractivity contribution < 1.29 is 33.7 Å². The summed E-state index contributed by atoms with van der Waals surface area (Å²) in [6.45, 7) is 0.701. The lowest BCUT2D eigenvalue weighted by Gasteiger charge is -2.29. The van der Waals surface area contributed by atoms with Crippen LogP contribution in [0.1, 0.15) is 42.3 Å². The number of fused-ring (bicyclic) bond motifs is 6. The minimum atomic E-state index is -0.917. The number of hydrogen-bond donors (Lipinski definition) is 1. The minimum Gasteiger partial charge on any atom is -0.507 e. The molecule has 1 fully saturated rings. The highest BCUT2D eigenvalue weighted by Gasteiger charge is 2.39. The van der Waals surface area contributed by atoms with Gasteiger partial charge in [-0.2, -0.15) is 0 Å². The maximum Gasteiger partial charge on any atom is 0.335 e. The number of hydrogen-bond acceptors (Lipinski definition) is 8. The van der Waals surface area contributed by atoms with Crippen molar-refractivity contribution in [1.29, 1.82) is 0 Å². The number of amides is 2. The number of phenols is 1. The van der Waals surface area contributed by atoms with Crippen molar-refractivity contribution in [3.8, 4) is 11.5 Å². The quantitative estimate of drug-likeness (QED) is 0.135. The predicted octanol–water partition coefficient (Wildman–Crippen LogP) is 7.62. The largest absolute Gasteiger partial charge is 0.507 e. The fourth-order valence-electron chi connectivity index (χ4n) is 7.34. The fourth-order valence-corrected chi connectivity index (χ4v) is 8.75. The highest BCUT2D eigenvalue weighted by atomic mass is 35.5. The van der Waals surface area contributed by atoms with E-state index in [0.29, 0.717) is 51.2 Å². The standard InChI is InChI=1S/C39H31Cl2N2O7S/c1-48-39(47)30-11-6-12-34(49-30)50-31-16-28-36(26-10-5-3-8-24(26)31)22(18-41)20-43(28)38(46)33-14-13-32(51-33)37(45)42-19-21(17-40)35-25-9-4-2-7-23(25)29(44)15-27(35)42/h2-16,21-22,30,34,44H,17-20H2,1H3/t21-,22-,30+,34+/m1/s1. The van der Waals surface area contributed by atoms with Crippen molar-refractivity contribution in [2.24, 2.45) is 0 Å². The smallest absolute Gasteiger partial charge is 0.335 e. The van der Waals surface area contributed by atoms with Crippen LogP contribution in [0.4, 0.5) is 11.4 Å². The number of ether oxygens (including phenoxy) is 3. The molecule has 51 heavy (non-hydrogen) atoms. The van der Waals surface area contributed by atoms with Crippen LogP contribution in [0.2, 0.25) is 0 Å². The van der Waals surface area contributed by atoms with E-state index in [9.17, 15) is 19.5 Å². The zero-order valence-electron chi connectivity index (χ0n) is 27.3. The van der Waals surface area contributed by atoms with E-state index in [1.165, 1.54) is 7.11 Å². The van der Waals surface area contributed by atoms with Gasteiger partial charge in [0.25, 0.3) is 11.8 Å². The molecule has 3 radical (unpaired) electrons. The zero-order chi connectivity index (χ0) is 35.4. The average Bonchev–Trinajstić information content (AvgIpc) is 3.90. The van der Waals surface area contributed by atoms with Crippen LogP contribution in [0.15, 0.2) is 72.8 Å². The second-order valence-corrected chi connectivity index (χ2v) is 14.3. The Morgan fingerprint density at radius 2 is 1.35 bits per heavy atom. The van der Waals surface area contributed by atoms with Gasteiger partial charge in [-0.25, -0.2) is 4.79 Å². The Labute approximate surface area is 308 Å². The highest BCUT2D eigenvalue weighted by Crippen LogP contribution is 2.48. The van der Waals surface area contributed by atoms with Crippen LogP contribution in [0.3, 0.4) is 0 Å². The molecular weight excluding hydrogens is 711 g/mol. The Kier molecular flexibility index (Phi) is 9.04. The molecule has 1 saturated heterocycles. The van der Waals surface area contributed by atoms with Crippen LogP contribution in [0, 0.1) is 19.3 Å². The fraction of sp³-hybridized carbons (Fsp3) is 0.231. The summed E-state index contributed by atoms with van der Waals surface area (Å²) in [7, 11) is 1.29. The van der Waals surface area contributed by atoms with Crippen LogP contribution in [-0.2, 0) is 14.3 Å². The molecule has 1 aromatic heterocycles. The van der Waals surface area contributed by atoms with E-state index < -0.39 is 18.4 Å². The van der Waals surface area contributed by atoms with Gasteiger partial charge in [-0.1, -0.05) is 48.5 Å². The van der Waals surface area contributed by atoms with Crippen LogP contribution < -0.4 is 14.5 Å². The Balaban J connectivity index is 1.10. The number of thiophene rings is 1. The summed E-state index contributed by atoms with van der Waals surface area (Å²) in [6.07, 6.45) is 3.17. The van der Waals surface area contributed by atoms with Gasteiger partial charge in [0, 0.05) is 72.4 Å². The first-order valence-electron chi connectivity index (χ1n) is 16.4.